The number of hydrogen-bond acceptors (Lipinski definition) is 5. The van der Waals surface area contributed by atoms with Gasteiger partial charge >= 0.3 is 0 Å². The molecular weight excluding hydrogens is 372 g/mol. The molecule has 0 radical (unpaired) electrons. The van der Waals surface area contributed by atoms with E-state index in [9.17, 15) is 0 Å². The van der Waals surface area contributed by atoms with Gasteiger partial charge in [-0.1, -0.05) is 42.5 Å². The van der Waals surface area contributed by atoms with Crippen LogP contribution in [0.25, 0.3) is 10.9 Å². The molecule has 1 saturated heterocycles. The molecule has 5 rings (SSSR count). The van der Waals surface area contributed by atoms with E-state index in [1.54, 1.807) is 0 Å². The van der Waals surface area contributed by atoms with Crippen molar-refractivity contribution in [2.24, 2.45) is 0 Å². The average Bonchev–Trinajstić information content (AvgIpc) is 2.81. The molecule has 2 aromatic heterocycles. The zero-order chi connectivity index (χ0) is 20.2. The van der Waals surface area contributed by atoms with Gasteiger partial charge in [-0.3, -0.25) is 9.88 Å². The minimum Gasteiger partial charge on any atom is -0.371 e. The number of hydrogen-bond donors (Lipinski definition) is 1. The lowest BCUT2D eigenvalue weighted by Gasteiger charge is -2.33. The van der Waals surface area contributed by atoms with Crippen molar-refractivity contribution in [2.75, 3.05) is 25.0 Å². The van der Waals surface area contributed by atoms with Gasteiger partial charge in [0.15, 0.2) is 0 Å². The van der Waals surface area contributed by atoms with Crippen LogP contribution in [0.4, 0.5) is 11.5 Å². The summed E-state index contributed by atoms with van der Waals surface area (Å²) in [6, 6.07) is 24.7. The second-order valence-corrected chi connectivity index (χ2v) is 7.56. The largest absolute Gasteiger partial charge is 0.371 e. The van der Waals surface area contributed by atoms with Gasteiger partial charge in [0.25, 0.3) is 0 Å². The second kappa shape index (κ2) is 8.61. The summed E-state index contributed by atoms with van der Waals surface area (Å²) >= 11 is 0. The highest BCUT2D eigenvalue weighted by Gasteiger charge is 2.21. The highest BCUT2D eigenvalue weighted by atomic mass is 16.5. The van der Waals surface area contributed by atoms with E-state index in [1.807, 2.05) is 42.7 Å². The molecule has 150 valence electrons. The van der Waals surface area contributed by atoms with Crippen LogP contribution in [-0.4, -0.2) is 34.6 Å². The summed E-state index contributed by atoms with van der Waals surface area (Å²) in [6.45, 7) is 3.46. The normalized spacial score (nSPS) is 17.1. The van der Waals surface area contributed by atoms with E-state index < -0.39 is 0 Å². The van der Waals surface area contributed by atoms with Gasteiger partial charge in [-0.2, -0.15) is 0 Å². The molecule has 0 spiro atoms. The Morgan fingerprint density at radius 2 is 1.87 bits per heavy atom. The van der Waals surface area contributed by atoms with Crippen molar-refractivity contribution in [1.82, 2.24) is 14.9 Å². The van der Waals surface area contributed by atoms with E-state index >= 15 is 0 Å². The third-order valence-corrected chi connectivity index (χ3v) is 5.46. The predicted molar refractivity (Wildman–Crippen MR) is 120 cm³/mol. The number of anilines is 2. The zero-order valence-electron chi connectivity index (χ0n) is 16.7. The molecule has 4 aromatic rings. The van der Waals surface area contributed by atoms with Crippen molar-refractivity contribution in [1.29, 1.82) is 0 Å². The van der Waals surface area contributed by atoms with Crippen molar-refractivity contribution >= 4 is 22.4 Å². The van der Waals surface area contributed by atoms with E-state index in [4.69, 9.17) is 4.74 Å². The van der Waals surface area contributed by atoms with Crippen molar-refractivity contribution in [3.63, 3.8) is 0 Å². The highest BCUT2D eigenvalue weighted by molar-refractivity contribution is 5.92. The van der Waals surface area contributed by atoms with Crippen LogP contribution in [0, 0.1) is 0 Å². The lowest BCUT2D eigenvalue weighted by molar-refractivity contribution is -0.0329. The van der Waals surface area contributed by atoms with Crippen LogP contribution in [0.15, 0.2) is 85.2 Å². The number of aromatic nitrogens is 2. The number of fused-ring (bicyclic) bond motifs is 1. The van der Waals surface area contributed by atoms with Crippen LogP contribution in [0.1, 0.15) is 17.2 Å². The molecule has 1 aliphatic heterocycles. The molecule has 0 unspecified atom stereocenters. The van der Waals surface area contributed by atoms with Gasteiger partial charge in [0.1, 0.15) is 5.82 Å². The van der Waals surface area contributed by atoms with Gasteiger partial charge in [-0.15, -0.1) is 0 Å². The van der Waals surface area contributed by atoms with Gasteiger partial charge < -0.3 is 10.1 Å². The molecule has 3 heterocycles. The van der Waals surface area contributed by atoms with Crippen LogP contribution in [0.2, 0.25) is 0 Å². The first-order valence-electron chi connectivity index (χ1n) is 10.3. The number of ether oxygens (including phenoxy) is 1. The Morgan fingerprint density at radius 1 is 0.933 bits per heavy atom. The van der Waals surface area contributed by atoms with Crippen molar-refractivity contribution in [3.05, 3.63) is 96.3 Å². The smallest absolute Gasteiger partial charge is 0.130 e. The van der Waals surface area contributed by atoms with E-state index in [-0.39, 0.29) is 6.10 Å². The number of pyridine rings is 2. The van der Waals surface area contributed by atoms with Crippen molar-refractivity contribution in [2.45, 2.75) is 12.6 Å². The molecule has 2 aromatic carbocycles. The molecule has 1 aliphatic rings. The first-order valence-corrected chi connectivity index (χ1v) is 10.3. The first kappa shape index (κ1) is 18.7. The number of nitrogens with one attached hydrogen (secondary N) is 1. The summed E-state index contributed by atoms with van der Waals surface area (Å²) < 4.78 is 5.98. The van der Waals surface area contributed by atoms with Gasteiger partial charge in [-0.05, 0) is 41.5 Å². The summed E-state index contributed by atoms with van der Waals surface area (Å²) in [6.07, 6.45) is 3.90. The quantitative estimate of drug-likeness (QED) is 0.517. The van der Waals surface area contributed by atoms with Crippen LogP contribution in [0.3, 0.4) is 0 Å². The Kier molecular flexibility index (Phi) is 5.38. The number of morpholine rings is 1. The third kappa shape index (κ3) is 4.17. The molecule has 5 nitrogen and oxygen atoms in total. The van der Waals surface area contributed by atoms with Gasteiger partial charge in [-0.25, -0.2) is 4.98 Å². The number of benzene rings is 2. The Hall–Kier alpha value is -3.28. The van der Waals surface area contributed by atoms with E-state index in [0.29, 0.717) is 0 Å². The van der Waals surface area contributed by atoms with Crippen molar-refractivity contribution < 1.29 is 4.74 Å². The Bertz CT molecular complexity index is 1110. The SMILES string of the molecule is c1ccc([C@H]2CN(Cc3ccc(Nc4cccc5ncccc45)nc3)CCO2)cc1. The Morgan fingerprint density at radius 3 is 2.73 bits per heavy atom. The maximum atomic E-state index is 5.98. The average molecular weight is 396 g/mol. The van der Waals surface area contributed by atoms with Crippen LogP contribution in [-0.2, 0) is 11.3 Å². The fourth-order valence-electron chi connectivity index (χ4n) is 3.92. The lowest BCUT2D eigenvalue weighted by atomic mass is 10.1. The molecule has 1 N–H and O–H groups in total. The highest BCUT2D eigenvalue weighted by Crippen LogP contribution is 2.25. The first-order chi connectivity index (χ1) is 14.8. The molecule has 0 bridgehead atoms. The van der Waals surface area contributed by atoms with E-state index in [0.717, 1.165) is 48.6 Å². The molecule has 0 aliphatic carbocycles. The Balaban J connectivity index is 1.25. The van der Waals surface area contributed by atoms with Crippen LogP contribution < -0.4 is 5.32 Å². The fraction of sp³-hybridized carbons (Fsp3) is 0.200. The maximum absolute atomic E-state index is 5.98. The van der Waals surface area contributed by atoms with Gasteiger partial charge in [0.2, 0.25) is 0 Å². The number of rotatable bonds is 5. The molecule has 5 heteroatoms. The molecule has 30 heavy (non-hydrogen) atoms. The van der Waals surface area contributed by atoms with E-state index in [2.05, 4.69) is 62.6 Å². The molecule has 0 amide bonds. The summed E-state index contributed by atoms with van der Waals surface area (Å²) in [5, 5.41) is 4.51. The standard InChI is InChI=1S/C25H24N4O/c1-2-6-20(7-3-1)24-18-29(14-15-30-24)17-19-11-12-25(27-16-19)28-23-10-4-9-22-21(23)8-5-13-26-22/h1-13,16,24H,14-15,17-18H2,(H,27,28)/t24-/m1/s1. The summed E-state index contributed by atoms with van der Waals surface area (Å²) in [4.78, 5) is 11.5. The summed E-state index contributed by atoms with van der Waals surface area (Å²) in [5.41, 5.74) is 4.43. The molecule has 0 saturated carbocycles. The fourth-order valence-corrected chi connectivity index (χ4v) is 3.92. The third-order valence-electron chi connectivity index (χ3n) is 5.46. The maximum Gasteiger partial charge on any atom is 0.130 e. The van der Waals surface area contributed by atoms with Gasteiger partial charge in [0.05, 0.1) is 18.2 Å². The Labute approximate surface area is 176 Å². The molecule has 1 atom stereocenters. The molecular formula is C25H24N4O. The van der Waals surface area contributed by atoms with Gasteiger partial charge in [0, 0.05) is 43.1 Å². The van der Waals surface area contributed by atoms with Crippen LogP contribution in [0.5, 0.6) is 0 Å². The van der Waals surface area contributed by atoms with Crippen LogP contribution >= 0.6 is 0 Å². The minimum absolute atomic E-state index is 0.133. The molecule has 1 fully saturated rings. The second-order valence-electron chi connectivity index (χ2n) is 7.56. The monoisotopic (exact) mass is 396 g/mol. The lowest BCUT2D eigenvalue weighted by Crippen LogP contribution is -2.37. The summed E-state index contributed by atoms with van der Waals surface area (Å²) in [7, 11) is 0. The summed E-state index contributed by atoms with van der Waals surface area (Å²) in [5.74, 6) is 0.833. The topological polar surface area (TPSA) is 50.3 Å². The zero-order valence-corrected chi connectivity index (χ0v) is 16.7. The van der Waals surface area contributed by atoms with E-state index in [1.165, 1.54) is 11.1 Å². The predicted octanol–water partition coefficient (Wildman–Crippen LogP) is 4.95. The minimum atomic E-state index is 0.133. The number of nitrogens with zero attached hydrogens (tertiary/aromatic N) is 3. The van der Waals surface area contributed by atoms with Crippen molar-refractivity contribution in [3.8, 4) is 0 Å².